The molecule has 4 fully saturated rings. The van der Waals surface area contributed by atoms with Crippen molar-refractivity contribution in [3.63, 3.8) is 0 Å². The lowest BCUT2D eigenvalue weighted by Crippen LogP contribution is -2.61. The average Bonchev–Trinajstić information content (AvgIpc) is 3.04. The van der Waals surface area contributed by atoms with Crippen LogP contribution in [-0.2, 0) is 4.79 Å². The molecule has 7 atom stereocenters. The van der Waals surface area contributed by atoms with Crippen molar-refractivity contribution >= 4 is 5.91 Å². The molecular weight excluding hydrogens is 346 g/mol. The van der Waals surface area contributed by atoms with E-state index in [2.05, 4.69) is 45.4 Å². The first-order chi connectivity index (χ1) is 13.3. The van der Waals surface area contributed by atoms with Gasteiger partial charge in [-0.15, -0.1) is 12.8 Å². The summed E-state index contributed by atoms with van der Waals surface area (Å²) < 4.78 is 0. The van der Waals surface area contributed by atoms with E-state index in [-0.39, 0.29) is 0 Å². The Morgan fingerprint density at radius 2 is 1.61 bits per heavy atom. The summed E-state index contributed by atoms with van der Waals surface area (Å²) in [4.78, 5) is 14.2. The Balaban J connectivity index is 0.000000514. The molecule has 4 aliphatic rings. The average molecular weight is 390 g/mol. The van der Waals surface area contributed by atoms with Crippen LogP contribution in [0.2, 0.25) is 0 Å². The Morgan fingerprint density at radius 3 is 2.21 bits per heavy atom. The van der Waals surface area contributed by atoms with Crippen LogP contribution in [0.1, 0.15) is 85.5 Å². The fourth-order valence-electron chi connectivity index (χ4n) is 7.56. The summed E-state index contributed by atoms with van der Waals surface area (Å²) in [5.74, 6) is 3.29. The smallest absolute Gasteiger partial charge is 0.222 e. The van der Waals surface area contributed by atoms with Crippen molar-refractivity contribution in [3.8, 4) is 12.8 Å². The number of hydrogen-bond donors (Lipinski definition) is 1. The normalized spacial score (nSPS) is 44.1. The van der Waals surface area contributed by atoms with Gasteiger partial charge in [-0.25, -0.2) is 0 Å². The molecular formula is C25H43NO2. The number of amides is 1. The predicted molar refractivity (Wildman–Crippen MR) is 117 cm³/mol. The van der Waals surface area contributed by atoms with E-state index in [9.17, 15) is 9.90 Å². The number of likely N-dealkylation sites (tertiary alicyclic amines) is 1. The van der Waals surface area contributed by atoms with Crippen molar-refractivity contribution in [3.05, 3.63) is 0 Å². The largest absolute Gasteiger partial charge is 0.396 e. The zero-order valence-corrected chi connectivity index (χ0v) is 18.9. The van der Waals surface area contributed by atoms with E-state index in [1.165, 1.54) is 44.9 Å². The van der Waals surface area contributed by atoms with E-state index in [1.54, 1.807) is 0 Å². The number of piperidine rings is 1. The monoisotopic (exact) mass is 389 g/mol. The Hall–Kier alpha value is -1.01. The van der Waals surface area contributed by atoms with Gasteiger partial charge in [0.05, 0.1) is 0 Å². The first kappa shape index (κ1) is 23.3. The highest BCUT2D eigenvalue weighted by Gasteiger charge is 2.60. The van der Waals surface area contributed by atoms with Crippen molar-refractivity contribution in [1.82, 2.24) is 4.90 Å². The second-order valence-electron chi connectivity index (χ2n) is 10.2. The molecule has 1 heterocycles. The van der Waals surface area contributed by atoms with Crippen molar-refractivity contribution in [2.75, 3.05) is 13.7 Å². The zero-order valence-electron chi connectivity index (χ0n) is 18.9. The van der Waals surface area contributed by atoms with Gasteiger partial charge in [-0.3, -0.25) is 4.79 Å². The molecule has 3 nitrogen and oxygen atoms in total. The lowest BCUT2D eigenvalue weighted by atomic mass is 9.47. The number of fused-ring (bicyclic) bond motifs is 5. The van der Waals surface area contributed by atoms with Crippen molar-refractivity contribution in [2.24, 2.45) is 34.5 Å². The van der Waals surface area contributed by atoms with Crippen LogP contribution in [0.5, 0.6) is 0 Å². The van der Waals surface area contributed by atoms with Crippen LogP contribution in [0.15, 0.2) is 0 Å². The van der Waals surface area contributed by atoms with Gasteiger partial charge in [0.15, 0.2) is 0 Å². The number of carbonyl (C=O) groups excluding carboxylic acids is 1. The van der Waals surface area contributed by atoms with Crippen LogP contribution in [-0.4, -0.2) is 35.6 Å². The van der Waals surface area contributed by atoms with Gasteiger partial charge in [0, 0.05) is 26.1 Å². The fraction of sp³-hybridized carbons (Fsp3) is 0.880. The maximum absolute atomic E-state index is 12.2. The first-order valence-electron chi connectivity index (χ1n) is 11.5. The second kappa shape index (κ2) is 9.21. The third-order valence-electron chi connectivity index (χ3n) is 8.97. The minimum atomic E-state index is 0.324. The van der Waals surface area contributed by atoms with Gasteiger partial charge in [0.2, 0.25) is 5.91 Å². The van der Waals surface area contributed by atoms with Crippen LogP contribution in [0.25, 0.3) is 0 Å². The number of rotatable bonds is 1. The highest BCUT2D eigenvalue weighted by atomic mass is 16.3. The third-order valence-corrected chi connectivity index (χ3v) is 8.97. The van der Waals surface area contributed by atoms with Gasteiger partial charge in [0.1, 0.15) is 0 Å². The van der Waals surface area contributed by atoms with E-state index >= 15 is 0 Å². The zero-order chi connectivity index (χ0) is 21.1. The molecule has 0 spiro atoms. The summed E-state index contributed by atoms with van der Waals surface area (Å²) >= 11 is 0. The van der Waals surface area contributed by atoms with Crippen molar-refractivity contribution in [2.45, 2.75) is 91.5 Å². The summed E-state index contributed by atoms with van der Waals surface area (Å²) in [6, 6.07) is 0.462. The quantitative estimate of drug-likeness (QED) is 0.632. The van der Waals surface area contributed by atoms with E-state index in [0.717, 1.165) is 30.6 Å². The Morgan fingerprint density at radius 1 is 1.00 bits per heavy atom. The van der Waals surface area contributed by atoms with Crippen LogP contribution in [0, 0.1) is 47.3 Å². The summed E-state index contributed by atoms with van der Waals surface area (Å²) in [5, 5.41) is 9.82. The predicted octanol–water partition coefficient (Wildman–Crippen LogP) is 5.12. The SMILES string of the molecule is C#C.CCC.CN1C(=O)CCC2(C)C3CCC4(C)C(CO)CCC4C3CCC12. The molecule has 160 valence electrons. The standard InChI is InChI=1S/C20H33NO2.C3H8.C2H2/c1-19-10-8-16-14(15(19)6-4-13(19)12-22)5-7-17-20(16,2)11-9-18(23)21(17)3;1-3-2;1-2/h13-17,22H,4-12H2,1-3H3;3H2,1-2H3;1-2H. The second-order valence-corrected chi connectivity index (χ2v) is 10.2. The van der Waals surface area contributed by atoms with Gasteiger partial charge < -0.3 is 10.0 Å². The van der Waals surface area contributed by atoms with Crippen molar-refractivity contribution in [1.29, 1.82) is 0 Å². The topological polar surface area (TPSA) is 40.5 Å². The van der Waals surface area contributed by atoms with Crippen LogP contribution < -0.4 is 0 Å². The Kier molecular flexibility index (Phi) is 7.65. The highest BCUT2D eigenvalue weighted by molar-refractivity contribution is 5.77. The van der Waals surface area contributed by atoms with Gasteiger partial charge in [-0.05, 0) is 79.4 Å². The lowest BCUT2D eigenvalue weighted by Gasteiger charge is -2.61. The van der Waals surface area contributed by atoms with E-state index in [0.29, 0.717) is 35.3 Å². The fourth-order valence-corrected chi connectivity index (χ4v) is 7.56. The molecule has 0 aromatic carbocycles. The molecule has 3 heteroatoms. The number of aliphatic hydroxyl groups is 1. The molecule has 3 saturated carbocycles. The molecule has 1 aliphatic heterocycles. The molecule has 0 aromatic heterocycles. The summed E-state index contributed by atoms with van der Waals surface area (Å²) in [7, 11) is 2.04. The molecule has 4 rings (SSSR count). The van der Waals surface area contributed by atoms with Gasteiger partial charge in [0.25, 0.3) is 0 Å². The Labute approximate surface area is 173 Å². The minimum Gasteiger partial charge on any atom is -0.396 e. The van der Waals surface area contributed by atoms with Gasteiger partial charge in [-0.2, -0.15) is 0 Å². The molecule has 1 N–H and O–H groups in total. The highest BCUT2D eigenvalue weighted by Crippen LogP contribution is 2.65. The molecule has 1 amide bonds. The van der Waals surface area contributed by atoms with Gasteiger partial charge >= 0.3 is 0 Å². The number of terminal acetylenes is 1. The van der Waals surface area contributed by atoms with E-state index < -0.39 is 0 Å². The van der Waals surface area contributed by atoms with Crippen LogP contribution in [0.4, 0.5) is 0 Å². The summed E-state index contributed by atoms with van der Waals surface area (Å²) in [5.41, 5.74) is 0.694. The molecule has 28 heavy (non-hydrogen) atoms. The summed E-state index contributed by atoms with van der Waals surface area (Å²) in [6.45, 7) is 9.58. The first-order valence-corrected chi connectivity index (χ1v) is 11.5. The number of carbonyl (C=O) groups is 1. The molecule has 0 bridgehead atoms. The molecule has 1 saturated heterocycles. The molecule has 0 aromatic rings. The van der Waals surface area contributed by atoms with E-state index in [1.807, 2.05) is 7.05 Å². The number of hydrogen-bond acceptors (Lipinski definition) is 2. The summed E-state index contributed by atoms with van der Waals surface area (Å²) in [6.07, 6.45) is 18.7. The van der Waals surface area contributed by atoms with Crippen LogP contribution >= 0.6 is 0 Å². The molecule has 7 unspecified atom stereocenters. The maximum atomic E-state index is 12.2. The van der Waals surface area contributed by atoms with Crippen molar-refractivity contribution < 1.29 is 9.90 Å². The number of nitrogens with zero attached hydrogens (tertiary/aromatic N) is 1. The lowest BCUT2D eigenvalue weighted by molar-refractivity contribution is -0.158. The minimum absolute atomic E-state index is 0.324. The van der Waals surface area contributed by atoms with Crippen LogP contribution in [0.3, 0.4) is 0 Å². The van der Waals surface area contributed by atoms with Gasteiger partial charge in [-0.1, -0.05) is 34.1 Å². The molecule has 3 aliphatic carbocycles. The molecule has 0 radical (unpaired) electrons. The number of aliphatic hydroxyl groups excluding tert-OH is 1. The maximum Gasteiger partial charge on any atom is 0.222 e. The Bertz CT molecular complexity index is 558. The third kappa shape index (κ3) is 3.62. The van der Waals surface area contributed by atoms with E-state index in [4.69, 9.17) is 0 Å².